The van der Waals surface area contributed by atoms with E-state index in [2.05, 4.69) is 193 Å². The predicted octanol–water partition coefficient (Wildman–Crippen LogP) is 13.5. The van der Waals surface area contributed by atoms with Crippen LogP contribution in [0, 0.1) is 0 Å². The highest BCUT2D eigenvalue weighted by atomic mass is 32.1. The number of nitrogens with zero attached hydrogens (tertiary/aromatic N) is 1. The summed E-state index contributed by atoms with van der Waals surface area (Å²) in [6.45, 7) is 0. The molecule has 1 unspecified atom stereocenters. The second-order valence-corrected chi connectivity index (χ2v) is 14.7. The molecule has 0 N–H and O–H groups in total. The molecule has 0 bridgehead atoms. The number of thiophene rings is 1. The Balaban J connectivity index is 1.20. The van der Waals surface area contributed by atoms with Gasteiger partial charge in [0.1, 0.15) is 0 Å². The molecule has 0 saturated heterocycles. The zero-order chi connectivity index (χ0) is 33.5. The van der Waals surface area contributed by atoms with Crippen LogP contribution in [0.2, 0.25) is 0 Å². The molecular weight excluding hydrogens is 635 g/mol. The zero-order valence-electron chi connectivity index (χ0n) is 27.8. The number of fused-ring (bicyclic) bond motifs is 14. The first kappa shape index (κ1) is 28.6. The van der Waals surface area contributed by atoms with Gasteiger partial charge in [-0.2, -0.15) is 0 Å². The number of anilines is 3. The Bertz CT molecular complexity index is 2810. The van der Waals surface area contributed by atoms with Gasteiger partial charge in [0.2, 0.25) is 0 Å². The highest BCUT2D eigenvalue weighted by Crippen LogP contribution is 2.65. The van der Waals surface area contributed by atoms with Crippen molar-refractivity contribution >= 4 is 48.6 Å². The van der Waals surface area contributed by atoms with Crippen molar-refractivity contribution in [2.75, 3.05) is 4.90 Å². The maximum Gasteiger partial charge on any atom is 0.0726 e. The molecule has 1 nitrogen and oxygen atoms in total. The van der Waals surface area contributed by atoms with E-state index in [9.17, 15) is 0 Å². The van der Waals surface area contributed by atoms with Gasteiger partial charge >= 0.3 is 0 Å². The van der Waals surface area contributed by atoms with E-state index < -0.39 is 5.41 Å². The Morgan fingerprint density at radius 3 is 1.84 bits per heavy atom. The van der Waals surface area contributed by atoms with Gasteiger partial charge in [-0.25, -0.2) is 0 Å². The van der Waals surface area contributed by atoms with Crippen molar-refractivity contribution in [1.82, 2.24) is 0 Å². The fourth-order valence-corrected chi connectivity index (χ4v) is 10.3. The van der Waals surface area contributed by atoms with Gasteiger partial charge in [-0.05, 0) is 92.5 Å². The van der Waals surface area contributed by atoms with E-state index in [1.54, 1.807) is 0 Å². The lowest BCUT2D eigenvalue weighted by atomic mass is 9.70. The molecule has 8 aromatic carbocycles. The van der Waals surface area contributed by atoms with Crippen LogP contribution in [0.3, 0.4) is 0 Å². The minimum atomic E-state index is -0.438. The van der Waals surface area contributed by atoms with Gasteiger partial charge in [-0.3, -0.25) is 0 Å². The van der Waals surface area contributed by atoms with Crippen molar-refractivity contribution in [2.24, 2.45) is 0 Å². The van der Waals surface area contributed by atoms with Crippen LogP contribution < -0.4 is 4.90 Å². The molecular formula is C49H31NS. The Labute approximate surface area is 301 Å². The lowest BCUT2D eigenvalue weighted by Gasteiger charge is -2.32. The molecule has 0 radical (unpaired) electrons. The van der Waals surface area contributed by atoms with Gasteiger partial charge in [0.05, 0.1) is 5.41 Å². The summed E-state index contributed by atoms with van der Waals surface area (Å²) in [6, 6.07) is 69.5. The molecule has 1 atom stereocenters. The van der Waals surface area contributed by atoms with Crippen LogP contribution in [0.25, 0.3) is 53.6 Å². The first-order chi connectivity index (χ1) is 25.3. The highest BCUT2D eigenvalue weighted by molar-refractivity contribution is 7.26. The molecule has 1 aromatic heterocycles. The van der Waals surface area contributed by atoms with Crippen LogP contribution in [0.1, 0.15) is 22.3 Å². The Kier molecular flexibility index (Phi) is 6.11. The molecule has 238 valence electrons. The standard InChI is InChI=1S/C49H31NS/c1-3-14-32(15-4-1)33-16-13-19-35(30-33)50(34-17-5-2-6-18-34)36-26-27-38-37-20-7-10-23-42(37)49(45(38)31-36)43-24-11-8-22-41(43)47-44(49)29-28-40-39-21-9-12-25-46(39)51-48(40)47/h1-31H. The van der Waals surface area contributed by atoms with Gasteiger partial charge < -0.3 is 4.90 Å². The third kappa shape index (κ3) is 3.97. The average molecular weight is 666 g/mol. The predicted molar refractivity (Wildman–Crippen MR) is 216 cm³/mol. The Morgan fingerprint density at radius 2 is 1.00 bits per heavy atom. The van der Waals surface area contributed by atoms with Gasteiger partial charge in [0.15, 0.2) is 0 Å². The Morgan fingerprint density at radius 1 is 0.373 bits per heavy atom. The number of benzene rings is 8. The van der Waals surface area contributed by atoms with E-state index in [-0.39, 0.29) is 0 Å². The van der Waals surface area contributed by atoms with Gasteiger partial charge in [0.25, 0.3) is 0 Å². The lowest BCUT2D eigenvalue weighted by molar-refractivity contribution is 0.794. The SMILES string of the molecule is c1ccc(-c2cccc(N(c3ccccc3)c3ccc4c(c3)C3(c5ccccc5-4)c4ccccc4-c4c3ccc3c4sc4ccccc43)c2)cc1. The quantitative estimate of drug-likeness (QED) is 0.181. The van der Waals surface area contributed by atoms with E-state index in [4.69, 9.17) is 0 Å². The summed E-state index contributed by atoms with van der Waals surface area (Å²) in [6.07, 6.45) is 0. The van der Waals surface area contributed by atoms with Crippen molar-refractivity contribution in [3.8, 4) is 33.4 Å². The summed E-state index contributed by atoms with van der Waals surface area (Å²) in [7, 11) is 0. The first-order valence-corrected chi connectivity index (χ1v) is 18.4. The summed E-state index contributed by atoms with van der Waals surface area (Å²) in [5, 5.41) is 2.68. The summed E-state index contributed by atoms with van der Waals surface area (Å²) in [5.74, 6) is 0. The normalized spacial score (nSPS) is 15.1. The minimum Gasteiger partial charge on any atom is -0.310 e. The van der Waals surface area contributed by atoms with Gasteiger partial charge in [0, 0.05) is 42.8 Å². The zero-order valence-corrected chi connectivity index (χ0v) is 28.6. The van der Waals surface area contributed by atoms with Crippen LogP contribution in [0.15, 0.2) is 188 Å². The van der Waals surface area contributed by atoms with Crippen LogP contribution in [0.5, 0.6) is 0 Å². The van der Waals surface area contributed by atoms with Crippen molar-refractivity contribution in [1.29, 1.82) is 0 Å². The molecule has 9 aromatic rings. The number of para-hydroxylation sites is 1. The van der Waals surface area contributed by atoms with Crippen LogP contribution >= 0.6 is 11.3 Å². The van der Waals surface area contributed by atoms with E-state index in [0.29, 0.717) is 0 Å². The number of hydrogen-bond acceptors (Lipinski definition) is 2. The fraction of sp³-hybridized carbons (Fsp3) is 0.0204. The van der Waals surface area contributed by atoms with Crippen molar-refractivity contribution in [3.63, 3.8) is 0 Å². The highest BCUT2D eigenvalue weighted by Gasteiger charge is 2.52. The molecule has 1 heterocycles. The number of hydrogen-bond donors (Lipinski definition) is 0. The monoisotopic (exact) mass is 665 g/mol. The maximum atomic E-state index is 2.48. The molecule has 2 heteroatoms. The van der Waals surface area contributed by atoms with Crippen molar-refractivity contribution in [3.05, 3.63) is 210 Å². The fourth-order valence-electron chi connectivity index (χ4n) is 9.01. The third-order valence-corrected chi connectivity index (χ3v) is 12.3. The molecule has 2 aliphatic rings. The lowest BCUT2D eigenvalue weighted by Crippen LogP contribution is -2.26. The van der Waals surface area contributed by atoms with Crippen LogP contribution in [0.4, 0.5) is 17.1 Å². The summed E-state index contributed by atoms with van der Waals surface area (Å²) in [4.78, 5) is 2.42. The van der Waals surface area contributed by atoms with E-state index >= 15 is 0 Å². The number of rotatable bonds is 4. The average Bonchev–Trinajstić information content (AvgIpc) is 3.83. The molecule has 0 saturated carbocycles. The molecule has 2 aliphatic carbocycles. The first-order valence-electron chi connectivity index (χ1n) is 17.6. The molecule has 0 aliphatic heterocycles. The second kappa shape index (κ2) is 10.9. The van der Waals surface area contributed by atoms with Crippen LogP contribution in [-0.4, -0.2) is 0 Å². The molecule has 0 amide bonds. The Hall–Kier alpha value is -6.22. The van der Waals surface area contributed by atoms with Gasteiger partial charge in [-0.1, -0.05) is 146 Å². The second-order valence-electron chi connectivity index (χ2n) is 13.6. The van der Waals surface area contributed by atoms with E-state index in [0.717, 1.165) is 17.1 Å². The molecule has 51 heavy (non-hydrogen) atoms. The molecule has 11 rings (SSSR count). The van der Waals surface area contributed by atoms with E-state index in [1.807, 2.05) is 11.3 Å². The van der Waals surface area contributed by atoms with Crippen LogP contribution in [-0.2, 0) is 5.41 Å². The minimum absolute atomic E-state index is 0.438. The molecule has 1 spiro atoms. The van der Waals surface area contributed by atoms with Crippen molar-refractivity contribution < 1.29 is 0 Å². The van der Waals surface area contributed by atoms with Gasteiger partial charge in [-0.15, -0.1) is 11.3 Å². The molecule has 0 fully saturated rings. The van der Waals surface area contributed by atoms with Crippen molar-refractivity contribution in [2.45, 2.75) is 5.41 Å². The topological polar surface area (TPSA) is 3.24 Å². The summed E-state index contributed by atoms with van der Waals surface area (Å²) in [5.41, 5.74) is 16.2. The summed E-state index contributed by atoms with van der Waals surface area (Å²) < 4.78 is 2.72. The van der Waals surface area contributed by atoms with E-state index in [1.165, 1.54) is 75.8 Å². The third-order valence-electron chi connectivity index (χ3n) is 11.1. The smallest absolute Gasteiger partial charge is 0.0726 e. The summed E-state index contributed by atoms with van der Waals surface area (Å²) >= 11 is 1.93. The maximum absolute atomic E-state index is 2.48. The largest absolute Gasteiger partial charge is 0.310 e.